The summed E-state index contributed by atoms with van der Waals surface area (Å²) in [5.74, 6) is 0. The van der Waals surface area contributed by atoms with Crippen LogP contribution >= 0.6 is 11.1 Å². The van der Waals surface area contributed by atoms with Crippen molar-refractivity contribution >= 4 is 28.5 Å². The highest BCUT2D eigenvalue weighted by Gasteiger charge is 1.96. The molecule has 0 amide bonds. The molecule has 0 nitrogen and oxygen atoms in total. The van der Waals surface area contributed by atoms with Crippen molar-refractivity contribution in [2.24, 2.45) is 0 Å². The summed E-state index contributed by atoms with van der Waals surface area (Å²) in [6, 6.07) is 1.38. The van der Waals surface area contributed by atoms with Gasteiger partial charge in [0.15, 0.2) is 0 Å². The molecule has 0 fully saturated rings. The minimum atomic E-state index is -0.602. The van der Waals surface area contributed by atoms with Crippen molar-refractivity contribution in [1.82, 2.24) is 0 Å². The molecule has 1 atom stereocenters. The summed E-state index contributed by atoms with van der Waals surface area (Å²) < 4.78 is 0. The molecule has 0 aliphatic rings. The Morgan fingerprint density at radius 3 is 2.44 bits per heavy atom. The Morgan fingerprint density at radius 2 is 2.00 bits per heavy atom. The van der Waals surface area contributed by atoms with Gasteiger partial charge >= 0.3 is 0 Å². The highest BCUT2D eigenvalue weighted by atomic mass is 35.6. The molecule has 0 radical (unpaired) electrons. The molecule has 0 bridgehead atoms. The normalized spacial score (nSPS) is 14.0. The Bertz CT molecular complexity index is 57.0. The smallest absolute Gasteiger partial charge is 0.121 e. The summed E-state index contributed by atoms with van der Waals surface area (Å²) in [5.41, 5.74) is 0. The maximum atomic E-state index is 5.96. The van der Waals surface area contributed by atoms with Crippen molar-refractivity contribution in [1.29, 1.82) is 0 Å². The van der Waals surface area contributed by atoms with Crippen LogP contribution in [-0.4, -0.2) is 17.4 Å². The first kappa shape index (κ1) is 9.72. The van der Waals surface area contributed by atoms with Crippen molar-refractivity contribution < 1.29 is 0 Å². The van der Waals surface area contributed by atoms with Crippen molar-refractivity contribution in [3.8, 4) is 0 Å². The summed E-state index contributed by atoms with van der Waals surface area (Å²) >= 11 is 5.96. The van der Waals surface area contributed by atoms with E-state index in [1.807, 2.05) is 0 Å². The van der Waals surface area contributed by atoms with Crippen LogP contribution < -0.4 is 0 Å². The molecule has 0 saturated carbocycles. The second-order valence-corrected chi connectivity index (χ2v) is 13.4. The van der Waals surface area contributed by atoms with Gasteiger partial charge in [0.05, 0.1) is 0 Å². The van der Waals surface area contributed by atoms with E-state index in [9.17, 15) is 0 Å². The van der Waals surface area contributed by atoms with Gasteiger partial charge in [0.25, 0.3) is 0 Å². The van der Waals surface area contributed by atoms with Crippen molar-refractivity contribution in [2.75, 3.05) is 0 Å². The molecule has 3 heteroatoms. The van der Waals surface area contributed by atoms with Crippen LogP contribution in [0.4, 0.5) is 0 Å². The summed E-state index contributed by atoms with van der Waals surface area (Å²) in [6.07, 6.45) is 5.56. The van der Waals surface area contributed by atoms with Gasteiger partial charge in [0.1, 0.15) is 7.62 Å². The molecule has 1 unspecified atom stereocenters. The standard InChI is InChI=1S/C6H17ClSi2/c1-2-3-4-5-6-9(7)8/h9H,2-6H2,1,8H3. The molecule has 0 saturated heterocycles. The van der Waals surface area contributed by atoms with Gasteiger partial charge in [-0.1, -0.05) is 32.6 Å². The third-order valence-electron chi connectivity index (χ3n) is 1.46. The zero-order valence-electron chi connectivity index (χ0n) is 6.49. The minimum Gasteiger partial charge on any atom is -0.176 e. The monoisotopic (exact) mass is 180 g/mol. The molecule has 0 aromatic rings. The number of unbranched alkanes of at least 4 members (excludes halogenated alkanes) is 3. The van der Waals surface area contributed by atoms with Gasteiger partial charge in [-0.25, -0.2) is 0 Å². The van der Waals surface area contributed by atoms with Crippen molar-refractivity contribution in [3.63, 3.8) is 0 Å². The molecule has 0 rings (SSSR count). The number of hydrogen-bond acceptors (Lipinski definition) is 0. The van der Waals surface area contributed by atoms with E-state index in [0.717, 1.165) is 0 Å². The maximum Gasteiger partial charge on any atom is 0.121 e. The lowest BCUT2D eigenvalue weighted by Crippen LogP contribution is -2.01. The molecule has 0 aromatic carbocycles. The van der Waals surface area contributed by atoms with Gasteiger partial charge in [-0.05, 0) is 6.04 Å². The molecule has 0 N–H and O–H groups in total. The predicted octanol–water partition coefficient (Wildman–Crippen LogP) is 1.39. The van der Waals surface area contributed by atoms with Gasteiger partial charge in [-0.2, -0.15) is 11.1 Å². The Kier molecular flexibility index (Phi) is 7.39. The SMILES string of the molecule is CCCCCC[SiH]([SiH3])Cl. The fourth-order valence-electron chi connectivity index (χ4n) is 0.852. The first-order valence-electron chi connectivity index (χ1n) is 3.91. The Labute approximate surface area is 67.5 Å². The van der Waals surface area contributed by atoms with Crippen LogP contribution in [0.25, 0.3) is 0 Å². The third kappa shape index (κ3) is 8.72. The first-order chi connectivity index (χ1) is 4.27. The molecule has 56 valence electrons. The number of rotatable bonds is 5. The second-order valence-electron chi connectivity index (χ2n) is 2.63. The Morgan fingerprint density at radius 1 is 1.33 bits per heavy atom. The average Bonchev–Trinajstić information content (AvgIpc) is 1.80. The van der Waals surface area contributed by atoms with E-state index in [1.165, 1.54) is 41.5 Å². The van der Waals surface area contributed by atoms with Gasteiger partial charge in [-0.3, -0.25) is 0 Å². The molecule has 0 aromatic heterocycles. The minimum absolute atomic E-state index is 0.602. The highest BCUT2D eigenvalue weighted by Crippen LogP contribution is 2.05. The van der Waals surface area contributed by atoms with E-state index in [0.29, 0.717) is 0 Å². The van der Waals surface area contributed by atoms with Crippen LogP contribution in [-0.2, 0) is 0 Å². The summed E-state index contributed by atoms with van der Waals surface area (Å²) in [6.45, 7) is 2.25. The topological polar surface area (TPSA) is 0 Å². The van der Waals surface area contributed by atoms with Gasteiger partial charge in [0, 0.05) is 9.76 Å². The van der Waals surface area contributed by atoms with E-state index in [2.05, 4.69) is 6.92 Å². The van der Waals surface area contributed by atoms with E-state index in [4.69, 9.17) is 11.1 Å². The molecule has 0 heterocycles. The molecule has 0 spiro atoms. The highest BCUT2D eigenvalue weighted by molar-refractivity contribution is 7.31. The third-order valence-corrected chi connectivity index (χ3v) is 5.05. The van der Waals surface area contributed by atoms with Gasteiger partial charge < -0.3 is 0 Å². The van der Waals surface area contributed by atoms with Crippen molar-refractivity contribution in [3.05, 3.63) is 0 Å². The quantitative estimate of drug-likeness (QED) is 0.341. The zero-order valence-corrected chi connectivity index (χ0v) is 10.4. The fraction of sp³-hybridized carbons (Fsp3) is 1.00. The number of halogens is 1. The van der Waals surface area contributed by atoms with E-state index < -0.39 is 7.62 Å². The van der Waals surface area contributed by atoms with E-state index >= 15 is 0 Å². The van der Waals surface area contributed by atoms with Crippen LogP contribution in [0.5, 0.6) is 0 Å². The molecule has 0 aliphatic carbocycles. The molecule has 9 heavy (non-hydrogen) atoms. The van der Waals surface area contributed by atoms with Crippen LogP contribution in [0.1, 0.15) is 32.6 Å². The van der Waals surface area contributed by atoms with Crippen LogP contribution in [0, 0.1) is 0 Å². The van der Waals surface area contributed by atoms with Crippen LogP contribution in [0.2, 0.25) is 6.04 Å². The lowest BCUT2D eigenvalue weighted by Gasteiger charge is -1.98. The van der Waals surface area contributed by atoms with Gasteiger partial charge in [0.2, 0.25) is 0 Å². The lowest BCUT2D eigenvalue weighted by molar-refractivity contribution is 0.701. The van der Waals surface area contributed by atoms with Crippen molar-refractivity contribution in [2.45, 2.75) is 38.7 Å². The van der Waals surface area contributed by atoms with E-state index in [1.54, 1.807) is 0 Å². The summed E-state index contributed by atoms with van der Waals surface area (Å²) in [5, 5.41) is 0. The Balaban J connectivity index is 2.75. The first-order valence-corrected chi connectivity index (χ1v) is 11.1. The zero-order chi connectivity index (χ0) is 7.11. The fourth-order valence-corrected chi connectivity index (χ4v) is 3.39. The summed E-state index contributed by atoms with van der Waals surface area (Å²) in [7, 11) is 0.690. The maximum absolute atomic E-state index is 5.96. The second kappa shape index (κ2) is 6.84. The molecular weight excluding hydrogens is 164 g/mol. The molecular formula is C6H17ClSi2. The number of hydrogen-bond donors (Lipinski definition) is 0. The average molecular weight is 181 g/mol. The lowest BCUT2D eigenvalue weighted by atomic mass is 10.2. The van der Waals surface area contributed by atoms with Crippen LogP contribution in [0.15, 0.2) is 0 Å². The molecule has 0 aliphatic heterocycles. The predicted molar refractivity (Wildman–Crippen MR) is 51.9 cm³/mol. The van der Waals surface area contributed by atoms with E-state index in [-0.39, 0.29) is 0 Å². The van der Waals surface area contributed by atoms with Crippen LogP contribution in [0.3, 0.4) is 0 Å². The Hall–Kier alpha value is 0.724. The van der Waals surface area contributed by atoms with Gasteiger partial charge in [-0.15, -0.1) is 0 Å². The summed E-state index contributed by atoms with van der Waals surface area (Å²) in [4.78, 5) is 0. The largest absolute Gasteiger partial charge is 0.176 e.